The fourth-order valence-corrected chi connectivity index (χ4v) is 2.25. The van der Waals surface area contributed by atoms with E-state index in [4.69, 9.17) is 23.2 Å². The molecule has 0 aliphatic rings. The highest BCUT2D eigenvalue weighted by atomic mass is 35.5. The van der Waals surface area contributed by atoms with Crippen LogP contribution in [0.25, 0.3) is 0 Å². The lowest BCUT2D eigenvalue weighted by Gasteiger charge is -2.06. The maximum atomic E-state index is 11.6. The highest BCUT2D eigenvalue weighted by Gasteiger charge is 2.05. The number of carbonyl (C=O) groups excluding carboxylic acids is 1. The molecule has 4 nitrogen and oxygen atoms in total. The maximum Gasteiger partial charge on any atom is 0.224 e. The van der Waals surface area contributed by atoms with E-state index in [2.05, 4.69) is 10.3 Å². The quantitative estimate of drug-likeness (QED) is 0.729. The van der Waals surface area contributed by atoms with Crippen LogP contribution in [0.3, 0.4) is 0 Å². The minimum absolute atomic E-state index is 0.0581. The first-order valence-corrected chi connectivity index (χ1v) is 7.87. The molecule has 0 spiro atoms. The highest BCUT2D eigenvalue weighted by Crippen LogP contribution is 2.29. The van der Waals surface area contributed by atoms with Crippen molar-refractivity contribution in [1.29, 1.82) is 0 Å². The van der Waals surface area contributed by atoms with Crippen molar-refractivity contribution in [3.63, 3.8) is 0 Å². The highest BCUT2D eigenvalue weighted by molar-refractivity contribution is 6.33. The molecule has 120 valence electrons. The van der Waals surface area contributed by atoms with Crippen LogP contribution >= 0.6 is 23.2 Å². The van der Waals surface area contributed by atoms with E-state index in [1.54, 1.807) is 30.3 Å². The van der Waals surface area contributed by atoms with Gasteiger partial charge in [-0.15, -0.1) is 0 Å². The standard InChI is InChI=1S/C17H16Cl2N2O2/c1-2-3-17(23)21-13-5-6-14(19)15(9-13)20-10-11-8-12(18)4-7-16(11)22/h4-10,22H,2-3H2,1H3,(H,21,23). The Hall–Kier alpha value is -2.04. The second-order valence-electron chi connectivity index (χ2n) is 4.93. The Bertz CT molecular complexity index is 745. The monoisotopic (exact) mass is 350 g/mol. The van der Waals surface area contributed by atoms with Crippen LogP contribution in [0.2, 0.25) is 10.0 Å². The van der Waals surface area contributed by atoms with Crippen LogP contribution in [0.15, 0.2) is 41.4 Å². The Kier molecular flexibility index (Phi) is 6.02. The van der Waals surface area contributed by atoms with Crippen LogP contribution in [-0.4, -0.2) is 17.2 Å². The first-order chi connectivity index (χ1) is 11.0. The summed E-state index contributed by atoms with van der Waals surface area (Å²) in [6.45, 7) is 1.94. The Balaban J connectivity index is 2.23. The molecule has 2 rings (SSSR count). The number of hydrogen-bond donors (Lipinski definition) is 2. The van der Waals surface area contributed by atoms with Crippen LogP contribution in [0, 0.1) is 0 Å². The van der Waals surface area contributed by atoms with Gasteiger partial charge in [-0.2, -0.15) is 0 Å². The van der Waals surface area contributed by atoms with E-state index in [0.717, 1.165) is 6.42 Å². The van der Waals surface area contributed by atoms with Crippen LogP contribution < -0.4 is 5.32 Å². The third-order valence-electron chi connectivity index (χ3n) is 3.04. The number of nitrogens with zero attached hydrogens (tertiary/aromatic N) is 1. The molecule has 0 saturated carbocycles. The van der Waals surface area contributed by atoms with Crippen molar-refractivity contribution in [3.05, 3.63) is 52.0 Å². The van der Waals surface area contributed by atoms with Crippen molar-refractivity contribution < 1.29 is 9.90 Å². The molecule has 0 aliphatic carbocycles. The number of phenolic OH excluding ortho intramolecular Hbond substituents is 1. The zero-order valence-electron chi connectivity index (χ0n) is 12.5. The molecule has 0 saturated heterocycles. The molecule has 0 aromatic heterocycles. The summed E-state index contributed by atoms with van der Waals surface area (Å²) >= 11 is 12.0. The van der Waals surface area contributed by atoms with Crippen molar-refractivity contribution in [2.45, 2.75) is 19.8 Å². The molecule has 0 aliphatic heterocycles. The van der Waals surface area contributed by atoms with Gasteiger partial charge in [-0.1, -0.05) is 30.1 Å². The summed E-state index contributed by atoms with van der Waals surface area (Å²) < 4.78 is 0. The lowest BCUT2D eigenvalue weighted by atomic mass is 10.2. The fourth-order valence-electron chi connectivity index (χ4n) is 1.91. The third kappa shape index (κ3) is 4.98. The summed E-state index contributed by atoms with van der Waals surface area (Å²) in [5.41, 5.74) is 1.59. The van der Waals surface area contributed by atoms with Gasteiger partial charge in [-0.25, -0.2) is 0 Å². The van der Waals surface area contributed by atoms with Gasteiger partial charge in [0.05, 0.1) is 10.7 Å². The number of nitrogens with one attached hydrogen (secondary N) is 1. The van der Waals surface area contributed by atoms with E-state index in [0.29, 0.717) is 33.4 Å². The molecule has 0 bridgehead atoms. The largest absolute Gasteiger partial charge is 0.507 e. The van der Waals surface area contributed by atoms with E-state index in [1.807, 2.05) is 6.92 Å². The molecule has 23 heavy (non-hydrogen) atoms. The van der Waals surface area contributed by atoms with E-state index >= 15 is 0 Å². The number of benzene rings is 2. The topological polar surface area (TPSA) is 61.7 Å². The Morgan fingerprint density at radius 1 is 1.26 bits per heavy atom. The number of aliphatic imine (C=N–C) groups is 1. The first-order valence-electron chi connectivity index (χ1n) is 7.11. The van der Waals surface area contributed by atoms with Gasteiger partial charge in [0, 0.05) is 28.9 Å². The van der Waals surface area contributed by atoms with Crippen molar-refractivity contribution in [2.24, 2.45) is 4.99 Å². The fraction of sp³-hybridized carbons (Fsp3) is 0.176. The normalized spacial score (nSPS) is 10.9. The van der Waals surface area contributed by atoms with Crippen molar-refractivity contribution in [1.82, 2.24) is 0 Å². The lowest BCUT2D eigenvalue weighted by molar-refractivity contribution is -0.116. The van der Waals surface area contributed by atoms with Crippen molar-refractivity contribution >= 4 is 46.7 Å². The van der Waals surface area contributed by atoms with Crippen LogP contribution in [-0.2, 0) is 4.79 Å². The minimum Gasteiger partial charge on any atom is -0.507 e. The molecule has 2 N–H and O–H groups in total. The van der Waals surface area contributed by atoms with Crippen LogP contribution in [0.5, 0.6) is 5.75 Å². The molecule has 0 heterocycles. The molecule has 6 heteroatoms. The molecule has 1 amide bonds. The van der Waals surface area contributed by atoms with Gasteiger partial charge in [-0.05, 0) is 42.8 Å². The van der Waals surface area contributed by atoms with Gasteiger partial charge < -0.3 is 10.4 Å². The van der Waals surface area contributed by atoms with Gasteiger partial charge in [0.2, 0.25) is 5.91 Å². The Morgan fingerprint density at radius 2 is 2.04 bits per heavy atom. The molecule has 2 aromatic rings. The predicted octanol–water partition coefficient (Wildman–Crippen LogP) is 5.19. The number of aromatic hydroxyl groups is 1. The zero-order chi connectivity index (χ0) is 16.8. The number of halogens is 2. The van der Waals surface area contributed by atoms with Gasteiger partial charge in [-0.3, -0.25) is 9.79 Å². The molecule has 0 atom stereocenters. The summed E-state index contributed by atoms with van der Waals surface area (Å²) in [7, 11) is 0. The predicted molar refractivity (Wildman–Crippen MR) is 95.4 cm³/mol. The van der Waals surface area contributed by atoms with Gasteiger partial charge >= 0.3 is 0 Å². The van der Waals surface area contributed by atoms with Crippen molar-refractivity contribution in [2.75, 3.05) is 5.32 Å². The van der Waals surface area contributed by atoms with Crippen LogP contribution in [0.4, 0.5) is 11.4 Å². The number of anilines is 1. The molecule has 0 unspecified atom stereocenters. The summed E-state index contributed by atoms with van der Waals surface area (Å²) in [5.74, 6) is 0.0129. The van der Waals surface area contributed by atoms with Crippen LogP contribution in [0.1, 0.15) is 25.3 Å². The summed E-state index contributed by atoms with van der Waals surface area (Å²) in [6, 6.07) is 9.73. The van der Waals surface area contributed by atoms with Gasteiger partial charge in [0.25, 0.3) is 0 Å². The molecular weight excluding hydrogens is 335 g/mol. The Morgan fingerprint density at radius 3 is 2.78 bits per heavy atom. The average molecular weight is 351 g/mol. The SMILES string of the molecule is CCCC(=O)Nc1ccc(Cl)c(N=Cc2cc(Cl)ccc2O)c1. The number of carbonyl (C=O) groups is 1. The van der Waals surface area contributed by atoms with Gasteiger partial charge in [0.15, 0.2) is 0 Å². The molecule has 0 radical (unpaired) electrons. The number of rotatable bonds is 5. The summed E-state index contributed by atoms with van der Waals surface area (Å²) in [4.78, 5) is 15.9. The lowest BCUT2D eigenvalue weighted by Crippen LogP contribution is -2.10. The summed E-state index contributed by atoms with van der Waals surface area (Å²) in [6.07, 6.45) is 2.70. The maximum absolute atomic E-state index is 11.6. The first kappa shape index (κ1) is 17.3. The minimum atomic E-state index is -0.0581. The number of phenols is 1. The summed E-state index contributed by atoms with van der Waals surface area (Å²) in [5, 5.41) is 13.5. The van der Waals surface area contributed by atoms with Crippen molar-refractivity contribution in [3.8, 4) is 5.75 Å². The van der Waals surface area contributed by atoms with E-state index < -0.39 is 0 Å². The van der Waals surface area contributed by atoms with E-state index in [9.17, 15) is 9.90 Å². The smallest absolute Gasteiger partial charge is 0.224 e. The third-order valence-corrected chi connectivity index (χ3v) is 3.59. The van der Waals surface area contributed by atoms with E-state index in [1.165, 1.54) is 12.3 Å². The zero-order valence-corrected chi connectivity index (χ0v) is 14.0. The number of amides is 1. The number of hydrogen-bond acceptors (Lipinski definition) is 3. The molecule has 2 aromatic carbocycles. The second kappa shape index (κ2) is 7.99. The molecule has 0 fully saturated rings. The Labute approximate surface area is 144 Å². The van der Waals surface area contributed by atoms with E-state index in [-0.39, 0.29) is 11.7 Å². The second-order valence-corrected chi connectivity index (χ2v) is 5.77. The molecular formula is C17H16Cl2N2O2. The average Bonchev–Trinajstić information content (AvgIpc) is 2.51. The van der Waals surface area contributed by atoms with Gasteiger partial charge in [0.1, 0.15) is 5.75 Å².